The fraction of sp³-hybridized carbons (Fsp3) is 0.625. The number of nitrogens with two attached hydrogens (primary N) is 1. The quantitative estimate of drug-likeness (QED) is 0.695. The van der Waals surface area contributed by atoms with Crippen molar-refractivity contribution in [3.05, 3.63) is 10.0 Å². The van der Waals surface area contributed by atoms with Crippen LogP contribution in [0.25, 0.3) is 11.0 Å². The molecule has 3 rings (SSSR count). The van der Waals surface area contributed by atoms with Crippen LogP contribution in [0.1, 0.15) is 33.6 Å². The smallest absolute Gasteiger partial charge is 0.410 e. The van der Waals surface area contributed by atoms with Crippen LogP contribution in [0, 0.1) is 9.62 Å². The fourth-order valence-electron chi connectivity index (χ4n) is 3.06. The molecule has 0 bridgehead atoms. The van der Waals surface area contributed by atoms with E-state index < -0.39 is 5.60 Å². The molecule has 2 N–H and O–H groups in total. The van der Waals surface area contributed by atoms with Gasteiger partial charge in [0, 0.05) is 19.6 Å². The van der Waals surface area contributed by atoms with Crippen molar-refractivity contribution in [2.24, 2.45) is 5.92 Å². The van der Waals surface area contributed by atoms with Crippen molar-refractivity contribution in [1.29, 1.82) is 0 Å². The van der Waals surface area contributed by atoms with Crippen molar-refractivity contribution in [2.75, 3.05) is 18.8 Å². The van der Waals surface area contributed by atoms with E-state index in [1.165, 1.54) is 6.33 Å². The number of hydrogen-bond acceptors (Lipinski definition) is 6. The number of carbonyl (C=O) groups is 1. The number of likely N-dealkylation sites (tertiary alicyclic amines) is 1. The number of ether oxygens (including phenoxy) is 1. The lowest BCUT2D eigenvalue weighted by atomic mass is 9.98. The van der Waals surface area contributed by atoms with Crippen molar-refractivity contribution >= 4 is 45.5 Å². The molecule has 0 aliphatic carbocycles. The third-order valence-corrected chi connectivity index (χ3v) is 4.87. The number of anilines is 1. The van der Waals surface area contributed by atoms with Gasteiger partial charge in [0.15, 0.2) is 5.65 Å². The second kappa shape index (κ2) is 6.93. The molecule has 1 fully saturated rings. The van der Waals surface area contributed by atoms with Gasteiger partial charge >= 0.3 is 6.09 Å². The molecule has 2 aromatic rings. The molecule has 9 heteroatoms. The van der Waals surface area contributed by atoms with E-state index in [1.54, 1.807) is 4.90 Å². The summed E-state index contributed by atoms with van der Waals surface area (Å²) < 4.78 is 8.16. The lowest BCUT2D eigenvalue weighted by molar-refractivity contribution is 0.0156. The summed E-state index contributed by atoms with van der Waals surface area (Å²) in [6.45, 7) is 7.73. The number of nitrogen functional groups attached to an aromatic ring is 1. The molecular formula is C16H23IN6O2. The molecule has 1 unspecified atom stereocenters. The molecule has 2 aromatic heterocycles. The van der Waals surface area contributed by atoms with Gasteiger partial charge in [-0.25, -0.2) is 19.4 Å². The third kappa shape index (κ3) is 4.13. The number of aromatic nitrogens is 4. The minimum atomic E-state index is -0.479. The topological polar surface area (TPSA) is 99.2 Å². The van der Waals surface area contributed by atoms with Crippen molar-refractivity contribution in [3.8, 4) is 0 Å². The van der Waals surface area contributed by atoms with Gasteiger partial charge < -0.3 is 15.4 Å². The summed E-state index contributed by atoms with van der Waals surface area (Å²) in [4.78, 5) is 22.5. The summed E-state index contributed by atoms with van der Waals surface area (Å²) >= 11 is 2.15. The first-order valence-electron chi connectivity index (χ1n) is 8.35. The molecule has 1 atom stereocenters. The lowest BCUT2D eigenvalue weighted by Gasteiger charge is -2.34. The van der Waals surface area contributed by atoms with E-state index in [0.29, 0.717) is 24.8 Å². The number of nitrogens with zero attached hydrogens (tertiary/aromatic N) is 5. The Labute approximate surface area is 160 Å². The minimum Gasteiger partial charge on any atom is -0.444 e. The molecule has 1 aliphatic rings. The van der Waals surface area contributed by atoms with Crippen molar-refractivity contribution in [1.82, 2.24) is 24.6 Å². The Hall–Kier alpha value is -1.65. The highest BCUT2D eigenvalue weighted by molar-refractivity contribution is 14.1. The van der Waals surface area contributed by atoms with Gasteiger partial charge in [0.2, 0.25) is 0 Å². The van der Waals surface area contributed by atoms with E-state index >= 15 is 0 Å². The monoisotopic (exact) mass is 458 g/mol. The van der Waals surface area contributed by atoms with Crippen molar-refractivity contribution < 1.29 is 9.53 Å². The first-order valence-corrected chi connectivity index (χ1v) is 9.43. The van der Waals surface area contributed by atoms with Gasteiger partial charge in [-0.2, -0.15) is 5.10 Å². The standard InChI is InChI=1S/C16H23IN6O2/c1-16(2,3)25-15(24)22-6-4-5-10(7-22)8-23-14-11(12(17)21-23)13(18)19-9-20-14/h9-10H,4-8H2,1-3H3,(H2,18,19,20). The molecule has 3 heterocycles. The van der Waals surface area contributed by atoms with E-state index in [1.807, 2.05) is 25.5 Å². The van der Waals surface area contributed by atoms with Gasteiger partial charge in [0.1, 0.15) is 21.4 Å². The molecule has 0 saturated carbocycles. The van der Waals surface area contributed by atoms with Crippen LogP contribution >= 0.6 is 22.6 Å². The fourth-order valence-corrected chi connectivity index (χ4v) is 3.84. The summed E-state index contributed by atoms with van der Waals surface area (Å²) in [6, 6.07) is 0. The van der Waals surface area contributed by atoms with Crippen molar-refractivity contribution in [2.45, 2.75) is 45.8 Å². The van der Waals surface area contributed by atoms with Crippen LogP contribution in [0.15, 0.2) is 6.33 Å². The number of carbonyl (C=O) groups excluding carboxylic acids is 1. The summed E-state index contributed by atoms with van der Waals surface area (Å²) in [5.74, 6) is 0.746. The molecule has 1 aliphatic heterocycles. The van der Waals surface area contributed by atoms with Crippen LogP contribution in [-0.2, 0) is 11.3 Å². The van der Waals surface area contributed by atoms with E-state index in [4.69, 9.17) is 10.5 Å². The Morgan fingerprint density at radius 2 is 2.20 bits per heavy atom. The van der Waals surface area contributed by atoms with E-state index in [-0.39, 0.29) is 6.09 Å². The van der Waals surface area contributed by atoms with Crippen LogP contribution in [0.4, 0.5) is 10.6 Å². The molecule has 0 radical (unpaired) electrons. The van der Waals surface area contributed by atoms with Gasteiger partial charge in [0.05, 0.1) is 5.39 Å². The Kier molecular flexibility index (Phi) is 5.03. The highest BCUT2D eigenvalue weighted by Crippen LogP contribution is 2.25. The van der Waals surface area contributed by atoms with Crippen LogP contribution in [0.3, 0.4) is 0 Å². The van der Waals surface area contributed by atoms with Crippen LogP contribution in [-0.4, -0.2) is 49.4 Å². The Balaban J connectivity index is 1.73. The van der Waals surface area contributed by atoms with Gasteiger partial charge in [-0.15, -0.1) is 0 Å². The third-order valence-electron chi connectivity index (χ3n) is 4.12. The molecule has 1 amide bonds. The SMILES string of the molecule is CC(C)(C)OC(=O)N1CCCC(Cn2nc(I)c3c(N)ncnc32)C1. The zero-order chi connectivity index (χ0) is 18.2. The van der Waals surface area contributed by atoms with Gasteiger partial charge in [-0.05, 0) is 62.1 Å². The second-order valence-corrected chi connectivity index (χ2v) is 8.39. The number of amides is 1. The van der Waals surface area contributed by atoms with Crippen LogP contribution < -0.4 is 5.73 Å². The Morgan fingerprint density at radius 3 is 2.92 bits per heavy atom. The van der Waals surface area contributed by atoms with Gasteiger partial charge in [0.25, 0.3) is 0 Å². The molecule has 8 nitrogen and oxygen atoms in total. The first-order chi connectivity index (χ1) is 11.7. The lowest BCUT2D eigenvalue weighted by Crippen LogP contribution is -2.43. The first kappa shape index (κ1) is 18.2. The highest BCUT2D eigenvalue weighted by Gasteiger charge is 2.28. The molecule has 136 valence electrons. The van der Waals surface area contributed by atoms with Gasteiger partial charge in [-0.3, -0.25) is 0 Å². The summed E-state index contributed by atoms with van der Waals surface area (Å²) in [5, 5.41) is 5.35. The van der Waals surface area contributed by atoms with Crippen molar-refractivity contribution in [3.63, 3.8) is 0 Å². The zero-order valence-corrected chi connectivity index (χ0v) is 16.9. The average molecular weight is 458 g/mol. The largest absolute Gasteiger partial charge is 0.444 e. The molecule has 0 aromatic carbocycles. The minimum absolute atomic E-state index is 0.247. The molecular weight excluding hydrogens is 435 g/mol. The normalized spacial score (nSPS) is 18.6. The zero-order valence-electron chi connectivity index (χ0n) is 14.7. The maximum absolute atomic E-state index is 12.3. The Bertz CT molecular complexity index is 785. The second-order valence-electron chi connectivity index (χ2n) is 7.37. The average Bonchev–Trinajstić information content (AvgIpc) is 2.83. The number of rotatable bonds is 2. The summed E-state index contributed by atoms with van der Waals surface area (Å²) in [6.07, 6.45) is 3.21. The van der Waals surface area contributed by atoms with E-state index in [2.05, 4.69) is 37.7 Å². The summed E-state index contributed by atoms with van der Waals surface area (Å²) in [7, 11) is 0. The molecule has 0 spiro atoms. The maximum Gasteiger partial charge on any atom is 0.410 e. The number of piperidine rings is 1. The van der Waals surface area contributed by atoms with E-state index in [0.717, 1.165) is 34.1 Å². The summed E-state index contributed by atoms with van der Waals surface area (Å²) in [5.41, 5.74) is 6.21. The van der Waals surface area contributed by atoms with Gasteiger partial charge in [-0.1, -0.05) is 0 Å². The predicted molar refractivity (Wildman–Crippen MR) is 103 cm³/mol. The van der Waals surface area contributed by atoms with Crippen LogP contribution in [0.5, 0.6) is 0 Å². The highest BCUT2D eigenvalue weighted by atomic mass is 127. The maximum atomic E-state index is 12.3. The molecule has 1 saturated heterocycles. The molecule has 25 heavy (non-hydrogen) atoms. The Morgan fingerprint density at radius 1 is 1.44 bits per heavy atom. The predicted octanol–water partition coefficient (Wildman–Crippen LogP) is 2.66. The van der Waals surface area contributed by atoms with Crippen LogP contribution in [0.2, 0.25) is 0 Å². The van der Waals surface area contributed by atoms with E-state index in [9.17, 15) is 4.79 Å². The number of fused-ring (bicyclic) bond motifs is 1. The number of halogens is 1. The number of hydrogen-bond donors (Lipinski definition) is 1.